The molecule has 0 radical (unpaired) electrons. The van der Waals surface area contributed by atoms with Gasteiger partial charge in [-0.3, -0.25) is 14.4 Å². The van der Waals surface area contributed by atoms with Crippen molar-refractivity contribution in [3.8, 4) is 6.07 Å². The van der Waals surface area contributed by atoms with Crippen molar-refractivity contribution in [1.29, 1.82) is 5.26 Å². The summed E-state index contributed by atoms with van der Waals surface area (Å²) in [5.41, 5.74) is 9.01. The molecular weight excluding hydrogens is 314 g/mol. The fourth-order valence-corrected chi connectivity index (χ4v) is 2.66. The maximum Gasteiger partial charge on any atom is 0.263 e. The van der Waals surface area contributed by atoms with Crippen LogP contribution in [0.3, 0.4) is 0 Å². The molecule has 1 atom stereocenters. The van der Waals surface area contributed by atoms with Crippen LogP contribution in [0.5, 0.6) is 0 Å². The Labute approximate surface area is 149 Å². The molecule has 0 aliphatic rings. The SMILES string of the molecule is C=C(N)c1c(NC)c(C(C=C(C)C)=NC)cn(C(C#N)C(C)C)c1=O. The summed E-state index contributed by atoms with van der Waals surface area (Å²) < 4.78 is 1.43. The average molecular weight is 341 g/mol. The third kappa shape index (κ3) is 4.18. The first-order valence-corrected chi connectivity index (χ1v) is 8.12. The van der Waals surface area contributed by atoms with Crippen molar-refractivity contribution >= 4 is 17.1 Å². The number of nitrogens with zero attached hydrogens (tertiary/aromatic N) is 3. The van der Waals surface area contributed by atoms with Gasteiger partial charge in [0.1, 0.15) is 6.04 Å². The van der Waals surface area contributed by atoms with E-state index in [1.54, 1.807) is 20.3 Å². The monoisotopic (exact) mass is 341 g/mol. The fraction of sp³-hybridized carbons (Fsp3) is 0.421. The van der Waals surface area contributed by atoms with Crippen LogP contribution in [0.1, 0.15) is 44.9 Å². The van der Waals surface area contributed by atoms with Crippen LogP contribution in [0.2, 0.25) is 0 Å². The summed E-state index contributed by atoms with van der Waals surface area (Å²) in [6, 6.07) is 1.59. The van der Waals surface area contributed by atoms with Crippen LogP contribution in [0, 0.1) is 17.2 Å². The summed E-state index contributed by atoms with van der Waals surface area (Å²) in [5, 5.41) is 12.6. The third-order valence-corrected chi connectivity index (χ3v) is 3.81. The third-order valence-electron chi connectivity index (χ3n) is 3.81. The molecule has 134 valence electrons. The lowest BCUT2D eigenvalue weighted by molar-refractivity contribution is 0.448. The number of nitrogens with one attached hydrogen (secondary N) is 1. The van der Waals surface area contributed by atoms with Gasteiger partial charge in [-0.2, -0.15) is 5.26 Å². The predicted molar refractivity (Wildman–Crippen MR) is 105 cm³/mol. The number of rotatable bonds is 6. The quantitative estimate of drug-likeness (QED) is 0.778. The molecule has 1 aromatic rings. The lowest BCUT2D eigenvalue weighted by atomic mass is 10.00. The van der Waals surface area contributed by atoms with E-state index in [4.69, 9.17) is 5.73 Å². The van der Waals surface area contributed by atoms with Gasteiger partial charge in [-0.05, 0) is 25.8 Å². The molecule has 6 heteroatoms. The number of pyridine rings is 1. The van der Waals surface area contributed by atoms with E-state index in [2.05, 4.69) is 23.0 Å². The molecule has 0 aliphatic heterocycles. The van der Waals surface area contributed by atoms with E-state index in [9.17, 15) is 10.1 Å². The van der Waals surface area contributed by atoms with Gasteiger partial charge in [0.15, 0.2) is 0 Å². The summed E-state index contributed by atoms with van der Waals surface area (Å²) in [7, 11) is 3.40. The molecular formula is C19H27N5O. The number of aliphatic imine (C=N–C) groups is 1. The van der Waals surface area contributed by atoms with Crippen molar-refractivity contribution in [2.45, 2.75) is 33.7 Å². The molecule has 0 bridgehead atoms. The molecule has 0 fully saturated rings. The van der Waals surface area contributed by atoms with E-state index in [0.29, 0.717) is 17.0 Å². The van der Waals surface area contributed by atoms with Gasteiger partial charge < -0.3 is 11.1 Å². The highest BCUT2D eigenvalue weighted by molar-refractivity contribution is 6.13. The Morgan fingerprint density at radius 2 is 2.08 bits per heavy atom. The maximum absolute atomic E-state index is 13.0. The molecule has 1 unspecified atom stereocenters. The van der Waals surface area contributed by atoms with Crippen LogP contribution in [0.25, 0.3) is 5.70 Å². The van der Waals surface area contributed by atoms with Crippen molar-refractivity contribution in [3.63, 3.8) is 0 Å². The van der Waals surface area contributed by atoms with E-state index in [1.807, 2.05) is 33.8 Å². The summed E-state index contributed by atoms with van der Waals surface area (Å²) in [6.45, 7) is 11.5. The number of nitriles is 1. The Morgan fingerprint density at radius 3 is 2.44 bits per heavy atom. The molecule has 1 aromatic heterocycles. The van der Waals surface area contributed by atoms with Crippen LogP contribution >= 0.6 is 0 Å². The largest absolute Gasteiger partial charge is 0.398 e. The highest BCUT2D eigenvalue weighted by atomic mass is 16.1. The zero-order valence-electron chi connectivity index (χ0n) is 15.8. The molecule has 0 aliphatic carbocycles. The molecule has 3 N–H and O–H groups in total. The van der Waals surface area contributed by atoms with Crippen LogP contribution in [-0.2, 0) is 0 Å². The molecule has 0 saturated carbocycles. The smallest absolute Gasteiger partial charge is 0.263 e. The van der Waals surface area contributed by atoms with Crippen LogP contribution in [-0.4, -0.2) is 24.4 Å². The maximum atomic E-state index is 13.0. The van der Waals surface area contributed by atoms with Crippen molar-refractivity contribution in [1.82, 2.24) is 4.57 Å². The van der Waals surface area contributed by atoms with E-state index in [-0.39, 0.29) is 22.7 Å². The average Bonchev–Trinajstić information content (AvgIpc) is 2.53. The molecule has 1 heterocycles. The number of anilines is 1. The number of hydrogen-bond acceptors (Lipinski definition) is 5. The molecule has 0 saturated heterocycles. The Balaban J connectivity index is 3.99. The Hall–Kier alpha value is -2.81. The van der Waals surface area contributed by atoms with Gasteiger partial charge in [0.25, 0.3) is 5.56 Å². The Morgan fingerprint density at radius 1 is 1.48 bits per heavy atom. The summed E-state index contributed by atoms with van der Waals surface area (Å²) in [6.07, 6.45) is 3.60. The van der Waals surface area contributed by atoms with Gasteiger partial charge >= 0.3 is 0 Å². The van der Waals surface area contributed by atoms with Crippen LogP contribution in [0.4, 0.5) is 5.69 Å². The van der Waals surface area contributed by atoms with Gasteiger partial charge in [-0.1, -0.05) is 26.0 Å². The van der Waals surface area contributed by atoms with Gasteiger partial charge in [0.2, 0.25) is 0 Å². The second-order valence-electron chi connectivity index (χ2n) is 6.43. The van der Waals surface area contributed by atoms with Crippen molar-refractivity contribution in [3.05, 3.63) is 45.9 Å². The number of nitrogens with two attached hydrogens (primary N) is 1. The predicted octanol–water partition coefficient (Wildman–Crippen LogP) is 2.93. The highest BCUT2D eigenvalue weighted by Gasteiger charge is 2.23. The first kappa shape index (κ1) is 20.2. The second-order valence-corrected chi connectivity index (χ2v) is 6.43. The van der Waals surface area contributed by atoms with Crippen molar-refractivity contribution < 1.29 is 0 Å². The number of aromatic nitrogens is 1. The minimum Gasteiger partial charge on any atom is -0.398 e. The normalized spacial score (nSPS) is 12.5. The van der Waals surface area contributed by atoms with Crippen LogP contribution < -0.4 is 16.6 Å². The molecule has 0 spiro atoms. The first-order chi connectivity index (χ1) is 11.7. The molecule has 25 heavy (non-hydrogen) atoms. The van der Waals surface area contributed by atoms with Gasteiger partial charge in [0.05, 0.1) is 23.0 Å². The molecule has 6 nitrogen and oxygen atoms in total. The topological polar surface area (TPSA) is 96.2 Å². The number of allylic oxidation sites excluding steroid dienone is 2. The highest BCUT2D eigenvalue weighted by Crippen LogP contribution is 2.26. The molecule has 0 amide bonds. The van der Waals surface area contributed by atoms with Crippen molar-refractivity contribution in [2.24, 2.45) is 16.6 Å². The number of hydrogen-bond donors (Lipinski definition) is 2. The van der Waals surface area contributed by atoms with Gasteiger partial charge in [0, 0.05) is 31.6 Å². The Bertz CT molecular complexity index is 817. The minimum atomic E-state index is -0.611. The summed E-state index contributed by atoms with van der Waals surface area (Å²) in [4.78, 5) is 17.3. The molecule has 0 aromatic carbocycles. The minimum absolute atomic E-state index is 0.0413. The molecule has 1 rings (SSSR count). The van der Waals surface area contributed by atoms with E-state index < -0.39 is 6.04 Å². The van der Waals surface area contributed by atoms with Gasteiger partial charge in [-0.25, -0.2) is 0 Å². The van der Waals surface area contributed by atoms with E-state index >= 15 is 0 Å². The lowest BCUT2D eigenvalue weighted by Crippen LogP contribution is -2.32. The first-order valence-electron chi connectivity index (χ1n) is 8.12. The summed E-state index contributed by atoms with van der Waals surface area (Å²) in [5.74, 6) is -0.0413. The zero-order chi connectivity index (χ0) is 19.3. The van der Waals surface area contributed by atoms with Crippen LogP contribution in [0.15, 0.2) is 34.2 Å². The zero-order valence-corrected chi connectivity index (χ0v) is 15.8. The van der Waals surface area contributed by atoms with Gasteiger partial charge in [-0.15, -0.1) is 0 Å². The van der Waals surface area contributed by atoms with Crippen molar-refractivity contribution in [2.75, 3.05) is 19.4 Å². The standard InChI is InChI=1S/C19H27N5O/c1-11(2)8-15(22-6)14-10-24(16(9-20)12(3)4)19(25)17(13(5)21)18(14)23-7/h8,10,12,16,23H,5,21H2,1-4,6-7H3. The Kier molecular flexibility index (Phi) is 6.75. The fourth-order valence-electron chi connectivity index (χ4n) is 2.66. The summed E-state index contributed by atoms with van der Waals surface area (Å²) >= 11 is 0. The second kappa shape index (κ2) is 8.34. The van der Waals surface area contributed by atoms with E-state index in [1.165, 1.54) is 4.57 Å². The lowest BCUT2D eigenvalue weighted by Gasteiger charge is -2.22. The van der Waals surface area contributed by atoms with E-state index in [0.717, 1.165) is 5.57 Å².